The van der Waals surface area contributed by atoms with Crippen LogP contribution in [-0.2, 0) is 9.59 Å². The molecule has 0 radical (unpaired) electrons. The van der Waals surface area contributed by atoms with E-state index in [-0.39, 0.29) is 30.1 Å². The van der Waals surface area contributed by atoms with Crippen LogP contribution in [0.25, 0.3) is 0 Å². The number of hydrogen-bond acceptors (Lipinski definition) is 3. The smallest absolute Gasteiger partial charge is 0.228 e. The lowest BCUT2D eigenvalue weighted by Crippen LogP contribution is -2.47. The lowest BCUT2D eigenvalue weighted by molar-refractivity contribution is -0.136. The van der Waals surface area contributed by atoms with E-state index < -0.39 is 0 Å². The van der Waals surface area contributed by atoms with Gasteiger partial charge < -0.3 is 15.1 Å². The van der Waals surface area contributed by atoms with Crippen molar-refractivity contribution in [1.82, 2.24) is 10.2 Å². The highest BCUT2D eigenvalue weighted by atomic mass is 35.5. The zero-order chi connectivity index (χ0) is 18.1. The summed E-state index contributed by atoms with van der Waals surface area (Å²) < 4.78 is 0. The number of aryl methyl sites for hydroxylation is 1. The molecule has 1 aliphatic carbocycles. The van der Waals surface area contributed by atoms with Crippen LogP contribution < -0.4 is 10.2 Å². The molecule has 0 bridgehead atoms. The summed E-state index contributed by atoms with van der Waals surface area (Å²) in [5.74, 6) is 0.925. The highest BCUT2D eigenvalue weighted by Gasteiger charge is 2.38. The third-order valence-corrected chi connectivity index (χ3v) is 6.02. The van der Waals surface area contributed by atoms with E-state index in [0.717, 1.165) is 44.1 Å². The number of amides is 2. The summed E-state index contributed by atoms with van der Waals surface area (Å²) in [4.78, 5) is 29.0. The zero-order valence-corrected chi connectivity index (χ0v) is 16.8. The molecule has 3 fully saturated rings. The number of anilines is 1. The van der Waals surface area contributed by atoms with Crippen LogP contribution in [0.5, 0.6) is 0 Å². The van der Waals surface area contributed by atoms with E-state index in [1.807, 2.05) is 36.1 Å². The maximum Gasteiger partial charge on any atom is 0.228 e. The fraction of sp³-hybridized carbons (Fsp3) is 0.619. The van der Waals surface area contributed by atoms with Crippen molar-refractivity contribution in [3.63, 3.8) is 0 Å². The van der Waals surface area contributed by atoms with Crippen LogP contribution in [0.15, 0.2) is 24.3 Å². The molecule has 1 unspecified atom stereocenters. The van der Waals surface area contributed by atoms with Crippen LogP contribution >= 0.6 is 12.4 Å². The van der Waals surface area contributed by atoms with Crippen molar-refractivity contribution in [3.05, 3.63) is 29.8 Å². The average molecular weight is 392 g/mol. The van der Waals surface area contributed by atoms with Gasteiger partial charge in [0.15, 0.2) is 0 Å². The van der Waals surface area contributed by atoms with Gasteiger partial charge in [0.05, 0.1) is 5.92 Å². The summed E-state index contributed by atoms with van der Waals surface area (Å²) in [7, 11) is 0. The molecule has 4 rings (SSSR count). The Morgan fingerprint density at radius 2 is 1.78 bits per heavy atom. The Morgan fingerprint density at radius 3 is 2.41 bits per heavy atom. The van der Waals surface area contributed by atoms with Gasteiger partial charge >= 0.3 is 0 Å². The summed E-state index contributed by atoms with van der Waals surface area (Å²) in [5.41, 5.74) is 2.07. The molecule has 148 valence electrons. The summed E-state index contributed by atoms with van der Waals surface area (Å²) in [6.07, 6.45) is 5.14. The molecule has 2 saturated heterocycles. The summed E-state index contributed by atoms with van der Waals surface area (Å²) in [5, 5.41) is 3.65. The van der Waals surface area contributed by atoms with Gasteiger partial charge in [-0.1, -0.05) is 17.7 Å². The number of likely N-dealkylation sites (tertiary alicyclic amines) is 1. The number of benzene rings is 1. The van der Waals surface area contributed by atoms with Crippen molar-refractivity contribution in [2.45, 2.75) is 45.1 Å². The number of nitrogens with zero attached hydrogens (tertiary/aromatic N) is 2. The molecule has 1 saturated carbocycles. The quantitative estimate of drug-likeness (QED) is 0.839. The highest BCUT2D eigenvalue weighted by molar-refractivity contribution is 6.00. The van der Waals surface area contributed by atoms with Crippen LogP contribution in [0.1, 0.15) is 37.7 Å². The molecular weight excluding hydrogens is 362 g/mol. The predicted octanol–water partition coefficient (Wildman–Crippen LogP) is 2.76. The molecule has 2 amide bonds. The van der Waals surface area contributed by atoms with Crippen LogP contribution in [0.4, 0.5) is 5.69 Å². The minimum absolute atomic E-state index is 0. The van der Waals surface area contributed by atoms with E-state index in [9.17, 15) is 9.59 Å². The van der Waals surface area contributed by atoms with E-state index in [0.29, 0.717) is 19.0 Å². The van der Waals surface area contributed by atoms with Crippen LogP contribution in [0, 0.1) is 18.8 Å². The molecule has 6 heteroatoms. The van der Waals surface area contributed by atoms with Crippen LogP contribution in [-0.4, -0.2) is 48.9 Å². The van der Waals surface area contributed by atoms with Gasteiger partial charge in [0.2, 0.25) is 11.8 Å². The SMILES string of the molecule is Cc1ccc(N2CC(C(=O)N3CCC(NCC4CC4)CC3)CC2=O)cc1.Cl. The fourth-order valence-corrected chi connectivity index (χ4v) is 4.06. The molecule has 27 heavy (non-hydrogen) atoms. The topological polar surface area (TPSA) is 52.7 Å². The third kappa shape index (κ3) is 4.82. The number of halogens is 1. The maximum absolute atomic E-state index is 12.9. The second-order valence-corrected chi connectivity index (χ2v) is 8.19. The standard InChI is InChI=1S/C21H29N3O2.ClH/c1-15-2-6-19(7-3-15)24-14-17(12-20(24)25)21(26)23-10-8-18(9-11-23)22-13-16-4-5-16;/h2-3,6-7,16-18,22H,4-5,8-14H2,1H3;1H. The number of rotatable bonds is 5. The normalized spacial score (nSPS) is 23.4. The number of carbonyl (C=O) groups is 2. The molecule has 0 aromatic heterocycles. The second kappa shape index (κ2) is 8.61. The predicted molar refractivity (Wildman–Crippen MR) is 109 cm³/mol. The molecule has 2 aliphatic heterocycles. The van der Waals surface area contributed by atoms with E-state index in [4.69, 9.17) is 0 Å². The Kier molecular flexibility index (Phi) is 6.43. The van der Waals surface area contributed by atoms with Gasteiger partial charge in [0.1, 0.15) is 0 Å². The molecule has 2 heterocycles. The van der Waals surface area contributed by atoms with Crippen molar-refractivity contribution < 1.29 is 9.59 Å². The Bertz CT molecular complexity index is 667. The number of carbonyl (C=O) groups excluding carboxylic acids is 2. The lowest BCUT2D eigenvalue weighted by atomic mass is 10.0. The van der Waals surface area contributed by atoms with Crippen LogP contribution in [0.3, 0.4) is 0 Å². The fourth-order valence-electron chi connectivity index (χ4n) is 4.06. The van der Waals surface area contributed by atoms with E-state index in [1.165, 1.54) is 18.4 Å². The lowest BCUT2D eigenvalue weighted by Gasteiger charge is -2.34. The number of hydrogen-bond donors (Lipinski definition) is 1. The first-order valence-electron chi connectivity index (χ1n) is 9.99. The Labute approximate surface area is 167 Å². The molecule has 1 aromatic carbocycles. The van der Waals surface area contributed by atoms with Gasteiger partial charge in [-0.25, -0.2) is 0 Å². The Balaban J connectivity index is 0.00000210. The first-order valence-corrected chi connectivity index (χ1v) is 9.99. The van der Waals surface area contributed by atoms with Gasteiger partial charge in [0.25, 0.3) is 0 Å². The van der Waals surface area contributed by atoms with E-state index in [2.05, 4.69) is 5.32 Å². The van der Waals surface area contributed by atoms with Crippen molar-refractivity contribution in [2.75, 3.05) is 31.1 Å². The molecule has 1 aromatic rings. The Morgan fingerprint density at radius 1 is 1.11 bits per heavy atom. The largest absolute Gasteiger partial charge is 0.342 e. The van der Waals surface area contributed by atoms with Crippen molar-refractivity contribution in [1.29, 1.82) is 0 Å². The molecular formula is C21H30ClN3O2. The van der Waals surface area contributed by atoms with E-state index in [1.54, 1.807) is 4.90 Å². The van der Waals surface area contributed by atoms with E-state index >= 15 is 0 Å². The van der Waals surface area contributed by atoms with Gasteiger partial charge in [-0.15, -0.1) is 12.4 Å². The molecule has 5 nitrogen and oxygen atoms in total. The Hall–Kier alpha value is -1.59. The molecule has 0 spiro atoms. The van der Waals surface area contributed by atoms with Gasteiger partial charge in [0, 0.05) is 37.8 Å². The maximum atomic E-state index is 12.9. The first-order chi connectivity index (χ1) is 12.6. The number of piperidine rings is 1. The minimum Gasteiger partial charge on any atom is -0.342 e. The summed E-state index contributed by atoms with van der Waals surface area (Å²) in [6, 6.07) is 8.51. The highest BCUT2D eigenvalue weighted by Crippen LogP contribution is 2.29. The van der Waals surface area contributed by atoms with Gasteiger partial charge in [-0.2, -0.15) is 0 Å². The minimum atomic E-state index is -0.195. The second-order valence-electron chi connectivity index (χ2n) is 8.19. The molecule has 1 N–H and O–H groups in total. The summed E-state index contributed by atoms with van der Waals surface area (Å²) in [6.45, 7) is 5.32. The van der Waals surface area contributed by atoms with Crippen molar-refractivity contribution in [3.8, 4) is 0 Å². The van der Waals surface area contributed by atoms with Crippen molar-refractivity contribution >= 4 is 29.9 Å². The van der Waals surface area contributed by atoms with Crippen LogP contribution in [0.2, 0.25) is 0 Å². The monoisotopic (exact) mass is 391 g/mol. The average Bonchev–Trinajstić information content (AvgIpc) is 3.41. The first kappa shape index (κ1) is 20.2. The number of nitrogens with one attached hydrogen (secondary N) is 1. The molecule has 3 aliphatic rings. The third-order valence-electron chi connectivity index (χ3n) is 6.02. The van der Waals surface area contributed by atoms with Crippen molar-refractivity contribution in [2.24, 2.45) is 11.8 Å². The molecule has 1 atom stereocenters. The zero-order valence-electron chi connectivity index (χ0n) is 16.0. The summed E-state index contributed by atoms with van der Waals surface area (Å²) >= 11 is 0. The van der Waals surface area contributed by atoms with Gasteiger partial charge in [-0.05, 0) is 57.2 Å². The van der Waals surface area contributed by atoms with Gasteiger partial charge in [-0.3, -0.25) is 9.59 Å².